The van der Waals surface area contributed by atoms with E-state index in [1.54, 1.807) is 6.07 Å². The maximum atomic E-state index is 12.8. The van der Waals surface area contributed by atoms with Gasteiger partial charge >= 0.3 is 5.97 Å². The molecule has 1 aliphatic heterocycles. The minimum atomic E-state index is -0.648. The fraction of sp³-hybridized carbons (Fsp3) is 0.409. The lowest BCUT2D eigenvalue weighted by molar-refractivity contribution is -0.152. The molecular formula is C22H26ClNO3. The first-order valence-corrected chi connectivity index (χ1v) is 9.82. The normalized spacial score (nSPS) is 18.0. The molecule has 0 aromatic heterocycles. The van der Waals surface area contributed by atoms with E-state index in [0.29, 0.717) is 31.0 Å². The predicted molar refractivity (Wildman–Crippen MR) is 107 cm³/mol. The molecule has 5 heteroatoms. The number of benzene rings is 2. The third-order valence-corrected chi connectivity index (χ3v) is 5.74. The van der Waals surface area contributed by atoms with E-state index in [0.717, 1.165) is 24.2 Å². The quantitative estimate of drug-likeness (QED) is 0.762. The molecule has 2 aromatic rings. The summed E-state index contributed by atoms with van der Waals surface area (Å²) in [5.74, 6) is -0.150. The summed E-state index contributed by atoms with van der Waals surface area (Å²) in [5, 5.41) is 11.2. The van der Waals surface area contributed by atoms with E-state index >= 15 is 0 Å². The number of hydrogen-bond acceptors (Lipinski definition) is 4. The summed E-state index contributed by atoms with van der Waals surface area (Å²) in [6.45, 7) is 4.15. The molecule has 0 saturated carbocycles. The summed E-state index contributed by atoms with van der Waals surface area (Å²) >= 11 is 6.20. The molecule has 1 N–H and O–H groups in total. The van der Waals surface area contributed by atoms with Crippen molar-refractivity contribution in [3.05, 3.63) is 70.7 Å². The highest BCUT2D eigenvalue weighted by atomic mass is 35.5. The second kappa shape index (κ2) is 8.87. The van der Waals surface area contributed by atoms with Crippen LogP contribution in [0.5, 0.6) is 0 Å². The average Bonchev–Trinajstić information content (AvgIpc) is 2.70. The first kappa shape index (κ1) is 19.9. The Morgan fingerprint density at radius 1 is 1.15 bits per heavy atom. The van der Waals surface area contributed by atoms with Crippen LogP contribution in [0.25, 0.3) is 0 Å². The number of halogens is 1. The maximum absolute atomic E-state index is 12.8. The average molecular weight is 388 g/mol. The molecule has 1 fully saturated rings. The van der Waals surface area contributed by atoms with Crippen LogP contribution in [0, 0.1) is 0 Å². The first-order chi connectivity index (χ1) is 13.1. The van der Waals surface area contributed by atoms with Crippen LogP contribution in [0.15, 0.2) is 54.6 Å². The molecule has 144 valence electrons. The second-order valence-corrected chi connectivity index (χ2v) is 7.41. The number of esters is 1. The molecule has 27 heavy (non-hydrogen) atoms. The van der Waals surface area contributed by atoms with Crippen molar-refractivity contribution >= 4 is 17.6 Å². The van der Waals surface area contributed by atoms with Crippen molar-refractivity contribution in [3.8, 4) is 0 Å². The Balaban J connectivity index is 1.71. The molecule has 0 spiro atoms. The Bertz CT molecular complexity index is 757. The molecule has 0 amide bonds. The van der Waals surface area contributed by atoms with Gasteiger partial charge in [0.05, 0.1) is 18.1 Å². The zero-order chi connectivity index (χ0) is 19.3. The number of nitrogens with zero attached hydrogens (tertiary/aromatic N) is 1. The van der Waals surface area contributed by atoms with Crippen molar-refractivity contribution in [1.82, 2.24) is 4.90 Å². The number of aliphatic hydroxyl groups is 1. The van der Waals surface area contributed by atoms with Gasteiger partial charge in [-0.05, 0) is 44.5 Å². The lowest BCUT2D eigenvalue weighted by Gasteiger charge is -2.40. The van der Waals surface area contributed by atoms with Crippen LogP contribution in [-0.4, -0.2) is 42.2 Å². The van der Waals surface area contributed by atoms with Gasteiger partial charge in [-0.25, -0.2) is 0 Å². The Hall–Kier alpha value is -1.88. The minimum Gasteiger partial charge on any atom is -0.465 e. The van der Waals surface area contributed by atoms with Crippen LogP contribution in [-0.2, 0) is 14.9 Å². The predicted octanol–water partition coefficient (Wildman–Crippen LogP) is 3.97. The zero-order valence-electron chi connectivity index (χ0n) is 15.6. The monoisotopic (exact) mass is 387 g/mol. The fourth-order valence-corrected chi connectivity index (χ4v) is 4.10. The topological polar surface area (TPSA) is 49.8 Å². The van der Waals surface area contributed by atoms with Crippen LogP contribution >= 0.6 is 11.6 Å². The van der Waals surface area contributed by atoms with Crippen molar-refractivity contribution < 1.29 is 14.6 Å². The van der Waals surface area contributed by atoms with Gasteiger partial charge in [-0.1, -0.05) is 60.1 Å². The summed E-state index contributed by atoms with van der Waals surface area (Å²) in [4.78, 5) is 15.0. The Morgan fingerprint density at radius 3 is 2.41 bits per heavy atom. The van der Waals surface area contributed by atoms with E-state index in [1.165, 1.54) is 0 Å². The van der Waals surface area contributed by atoms with Crippen molar-refractivity contribution in [2.24, 2.45) is 0 Å². The van der Waals surface area contributed by atoms with E-state index in [4.69, 9.17) is 16.3 Å². The van der Waals surface area contributed by atoms with Gasteiger partial charge in [0.15, 0.2) is 0 Å². The molecule has 0 aliphatic carbocycles. The smallest absolute Gasteiger partial charge is 0.316 e. The molecule has 0 radical (unpaired) electrons. The molecule has 1 atom stereocenters. The van der Waals surface area contributed by atoms with Crippen molar-refractivity contribution in [3.63, 3.8) is 0 Å². The van der Waals surface area contributed by atoms with E-state index in [9.17, 15) is 9.90 Å². The highest BCUT2D eigenvalue weighted by Gasteiger charge is 2.44. The minimum absolute atomic E-state index is 0.150. The highest BCUT2D eigenvalue weighted by molar-refractivity contribution is 6.31. The largest absolute Gasteiger partial charge is 0.465 e. The molecule has 2 aromatic carbocycles. The molecule has 1 unspecified atom stereocenters. The number of piperidine rings is 1. The van der Waals surface area contributed by atoms with Crippen LogP contribution in [0.1, 0.15) is 37.0 Å². The van der Waals surface area contributed by atoms with Crippen LogP contribution < -0.4 is 0 Å². The number of aliphatic hydroxyl groups excluding tert-OH is 1. The third-order valence-electron chi connectivity index (χ3n) is 5.40. The van der Waals surface area contributed by atoms with Crippen molar-refractivity contribution in [1.29, 1.82) is 0 Å². The molecule has 1 heterocycles. The van der Waals surface area contributed by atoms with Crippen LogP contribution in [0.2, 0.25) is 5.02 Å². The van der Waals surface area contributed by atoms with E-state index in [-0.39, 0.29) is 5.97 Å². The summed E-state index contributed by atoms with van der Waals surface area (Å²) in [6, 6.07) is 17.3. The summed E-state index contributed by atoms with van der Waals surface area (Å²) < 4.78 is 5.42. The van der Waals surface area contributed by atoms with Gasteiger partial charge in [0.2, 0.25) is 0 Å². The number of β-amino-alcohol motifs (C(OH)–C–C–N with tert-alkyl or cyclic N) is 1. The van der Waals surface area contributed by atoms with Gasteiger partial charge in [-0.15, -0.1) is 0 Å². The van der Waals surface area contributed by atoms with Gasteiger partial charge in [-0.2, -0.15) is 0 Å². The van der Waals surface area contributed by atoms with Crippen LogP contribution in [0.4, 0.5) is 0 Å². The Morgan fingerprint density at radius 2 is 1.78 bits per heavy atom. The molecule has 0 bridgehead atoms. The highest BCUT2D eigenvalue weighted by Crippen LogP contribution is 2.37. The SMILES string of the molecule is CCOC(=O)C1(c2ccccc2)CCN(CC(O)c2ccccc2Cl)CC1. The Kier molecular flexibility index (Phi) is 6.53. The number of carbonyl (C=O) groups is 1. The standard InChI is InChI=1S/C22H26ClNO3/c1-2-27-21(26)22(17-8-4-3-5-9-17)12-14-24(15-13-22)16-20(25)18-10-6-7-11-19(18)23/h3-11,20,25H,2,12-16H2,1H3. The Labute approximate surface area is 165 Å². The maximum Gasteiger partial charge on any atom is 0.316 e. The van der Waals surface area contributed by atoms with Crippen LogP contribution in [0.3, 0.4) is 0 Å². The lowest BCUT2D eigenvalue weighted by atomic mass is 9.72. The summed E-state index contributed by atoms with van der Waals surface area (Å²) in [7, 11) is 0. The summed E-state index contributed by atoms with van der Waals surface area (Å²) in [5.41, 5.74) is 1.14. The fourth-order valence-electron chi connectivity index (χ4n) is 3.84. The second-order valence-electron chi connectivity index (χ2n) is 7.01. The van der Waals surface area contributed by atoms with Crippen molar-refractivity contribution in [2.75, 3.05) is 26.2 Å². The number of carbonyl (C=O) groups excluding carboxylic acids is 1. The molecule has 3 rings (SSSR count). The van der Waals surface area contributed by atoms with Gasteiger partial charge in [-0.3, -0.25) is 4.79 Å². The molecular weight excluding hydrogens is 362 g/mol. The van der Waals surface area contributed by atoms with Gasteiger partial charge in [0.25, 0.3) is 0 Å². The van der Waals surface area contributed by atoms with E-state index < -0.39 is 11.5 Å². The van der Waals surface area contributed by atoms with Crippen molar-refractivity contribution in [2.45, 2.75) is 31.3 Å². The zero-order valence-corrected chi connectivity index (χ0v) is 16.4. The number of likely N-dealkylation sites (tertiary alicyclic amines) is 1. The van der Waals surface area contributed by atoms with Gasteiger partial charge < -0.3 is 14.7 Å². The van der Waals surface area contributed by atoms with E-state index in [1.807, 2.05) is 55.5 Å². The first-order valence-electron chi connectivity index (χ1n) is 9.44. The number of ether oxygens (including phenoxy) is 1. The molecule has 1 aliphatic rings. The number of rotatable bonds is 6. The summed E-state index contributed by atoms with van der Waals surface area (Å²) in [6.07, 6.45) is 0.696. The van der Waals surface area contributed by atoms with Gasteiger partial charge in [0, 0.05) is 17.1 Å². The van der Waals surface area contributed by atoms with E-state index in [2.05, 4.69) is 4.90 Å². The third kappa shape index (κ3) is 4.34. The molecule has 4 nitrogen and oxygen atoms in total. The molecule has 1 saturated heterocycles. The van der Waals surface area contributed by atoms with Gasteiger partial charge in [0.1, 0.15) is 0 Å². The number of hydrogen-bond donors (Lipinski definition) is 1. The lowest BCUT2D eigenvalue weighted by Crippen LogP contribution is -2.48.